The second-order valence-corrected chi connectivity index (χ2v) is 6.09. The number of nitrogens with zero attached hydrogens (tertiary/aromatic N) is 1. The zero-order valence-corrected chi connectivity index (χ0v) is 14.3. The molecule has 1 rings (SSSR count). The monoisotopic (exact) mass is 330 g/mol. The van der Waals surface area contributed by atoms with Crippen molar-refractivity contribution in [2.75, 3.05) is 7.11 Å². The van der Waals surface area contributed by atoms with E-state index in [-0.39, 0.29) is 6.42 Å². The second kappa shape index (κ2) is 8.73. The average molecular weight is 330 g/mol. The summed E-state index contributed by atoms with van der Waals surface area (Å²) in [6.45, 7) is 5.22. The Morgan fingerprint density at radius 1 is 1.29 bits per heavy atom. The number of esters is 1. The number of hydrogen-bond acceptors (Lipinski definition) is 5. The highest BCUT2D eigenvalue weighted by Gasteiger charge is 2.23. The zero-order chi connectivity index (χ0) is 18.2. The van der Waals surface area contributed by atoms with Crippen LogP contribution in [0.4, 0.5) is 4.79 Å². The Kier molecular flexibility index (Phi) is 6.99. The summed E-state index contributed by atoms with van der Waals surface area (Å²) in [4.78, 5) is 23.6. The fourth-order valence-electron chi connectivity index (χ4n) is 1.82. The molecule has 0 unspecified atom stereocenters. The summed E-state index contributed by atoms with van der Waals surface area (Å²) >= 11 is 0. The number of ether oxygens (including phenoxy) is 2. The lowest BCUT2D eigenvalue weighted by atomic mass is 10.1. The fourth-order valence-corrected chi connectivity index (χ4v) is 1.82. The normalized spacial score (nSPS) is 12.3. The van der Waals surface area contributed by atoms with Crippen molar-refractivity contribution in [3.63, 3.8) is 0 Å². The van der Waals surface area contributed by atoms with Crippen LogP contribution in [0.2, 0.25) is 0 Å². The van der Waals surface area contributed by atoms with Crippen LogP contribution >= 0.6 is 0 Å². The van der Waals surface area contributed by atoms with Gasteiger partial charge in [-0.2, -0.15) is 5.26 Å². The van der Waals surface area contributed by atoms with Crippen LogP contribution in [0.3, 0.4) is 0 Å². The van der Waals surface area contributed by atoms with Crippen molar-refractivity contribution in [1.29, 1.82) is 5.26 Å². The van der Waals surface area contributed by atoms with Crippen molar-refractivity contribution in [2.24, 2.45) is 0 Å². The fraction of sp³-hybridized carbons (Fsp3) is 0.389. The van der Waals surface area contributed by atoms with E-state index in [9.17, 15) is 9.59 Å². The van der Waals surface area contributed by atoms with Gasteiger partial charge in [0.25, 0.3) is 0 Å². The topological polar surface area (TPSA) is 88.4 Å². The third-order valence-corrected chi connectivity index (χ3v) is 2.90. The van der Waals surface area contributed by atoms with Crippen LogP contribution in [0.15, 0.2) is 30.3 Å². The van der Waals surface area contributed by atoms with Crippen LogP contribution in [-0.4, -0.2) is 30.8 Å². The van der Waals surface area contributed by atoms with Gasteiger partial charge >= 0.3 is 12.1 Å². The largest absolute Gasteiger partial charge is 0.467 e. The summed E-state index contributed by atoms with van der Waals surface area (Å²) in [6.07, 6.45) is 3.13. The Hall–Kier alpha value is -2.81. The van der Waals surface area contributed by atoms with Crippen molar-refractivity contribution in [2.45, 2.75) is 38.8 Å². The van der Waals surface area contributed by atoms with E-state index in [1.165, 1.54) is 7.11 Å². The van der Waals surface area contributed by atoms with Crippen LogP contribution in [-0.2, 0) is 14.3 Å². The molecular weight excluding hydrogens is 308 g/mol. The molecule has 0 aliphatic rings. The first-order valence-electron chi connectivity index (χ1n) is 7.49. The molecule has 0 spiro atoms. The summed E-state index contributed by atoms with van der Waals surface area (Å²) < 4.78 is 9.84. The highest BCUT2D eigenvalue weighted by molar-refractivity contribution is 5.81. The minimum absolute atomic E-state index is 0.256. The number of methoxy groups -OCH3 is 1. The lowest BCUT2D eigenvalue weighted by Crippen LogP contribution is -2.43. The van der Waals surface area contributed by atoms with Gasteiger partial charge in [0.1, 0.15) is 11.6 Å². The number of rotatable bonds is 5. The van der Waals surface area contributed by atoms with Crippen LogP contribution in [0.25, 0.3) is 6.08 Å². The van der Waals surface area contributed by atoms with Crippen molar-refractivity contribution in [1.82, 2.24) is 5.32 Å². The molecule has 0 saturated carbocycles. The maximum absolute atomic E-state index is 11.8. The molecule has 1 N–H and O–H groups in total. The molecule has 1 aromatic rings. The predicted octanol–water partition coefficient (Wildman–Crippen LogP) is 3.03. The highest BCUT2D eigenvalue weighted by Crippen LogP contribution is 2.09. The molecule has 0 bridgehead atoms. The van der Waals surface area contributed by atoms with Gasteiger partial charge in [-0.1, -0.05) is 24.3 Å². The minimum Gasteiger partial charge on any atom is -0.467 e. The first-order chi connectivity index (χ1) is 11.2. The van der Waals surface area contributed by atoms with E-state index in [1.54, 1.807) is 57.2 Å². The van der Waals surface area contributed by atoms with E-state index in [2.05, 4.69) is 5.32 Å². The molecule has 0 fully saturated rings. The molecule has 0 aromatic heterocycles. The summed E-state index contributed by atoms with van der Waals surface area (Å²) in [5.74, 6) is -0.551. The van der Waals surface area contributed by atoms with Gasteiger partial charge in [0.2, 0.25) is 0 Å². The molecule has 128 valence electrons. The smallest absolute Gasteiger partial charge is 0.408 e. The summed E-state index contributed by atoms with van der Waals surface area (Å²) in [5, 5.41) is 11.3. The molecule has 1 amide bonds. The van der Waals surface area contributed by atoms with E-state index >= 15 is 0 Å². The second-order valence-electron chi connectivity index (χ2n) is 6.09. The first kappa shape index (κ1) is 19.2. The van der Waals surface area contributed by atoms with Crippen molar-refractivity contribution in [3.8, 4) is 6.07 Å². The van der Waals surface area contributed by atoms with Gasteiger partial charge in [-0.3, -0.25) is 0 Å². The van der Waals surface area contributed by atoms with E-state index in [0.29, 0.717) is 5.56 Å². The molecule has 0 aliphatic heterocycles. The van der Waals surface area contributed by atoms with Gasteiger partial charge in [0.05, 0.1) is 18.7 Å². The van der Waals surface area contributed by atoms with Crippen molar-refractivity contribution in [3.05, 3.63) is 41.5 Å². The van der Waals surface area contributed by atoms with E-state index in [0.717, 1.165) is 5.56 Å². The third kappa shape index (κ3) is 6.97. The molecule has 24 heavy (non-hydrogen) atoms. The summed E-state index contributed by atoms with van der Waals surface area (Å²) in [7, 11) is 1.26. The Morgan fingerprint density at radius 3 is 2.42 bits per heavy atom. The van der Waals surface area contributed by atoms with Gasteiger partial charge < -0.3 is 14.8 Å². The number of hydrogen-bond donors (Lipinski definition) is 1. The molecule has 0 radical (unpaired) electrons. The number of alkyl carbamates (subject to hydrolysis) is 1. The van der Waals surface area contributed by atoms with Crippen molar-refractivity contribution >= 4 is 18.1 Å². The molecule has 1 aromatic carbocycles. The molecule has 1 atom stereocenters. The summed E-state index contributed by atoms with van der Waals surface area (Å²) in [6, 6.07) is 8.21. The first-order valence-corrected chi connectivity index (χ1v) is 7.49. The van der Waals surface area contributed by atoms with Gasteiger partial charge in [0, 0.05) is 0 Å². The molecule has 0 aliphatic carbocycles. The quantitative estimate of drug-likeness (QED) is 0.838. The highest BCUT2D eigenvalue weighted by atomic mass is 16.6. The third-order valence-electron chi connectivity index (χ3n) is 2.90. The average Bonchev–Trinajstić information content (AvgIpc) is 2.52. The summed E-state index contributed by atoms with van der Waals surface area (Å²) in [5.41, 5.74) is 0.810. The predicted molar refractivity (Wildman–Crippen MR) is 90.0 cm³/mol. The standard InChI is InChI=1S/C18H22N2O4/c1-18(2,3)24-17(22)20-15(16(21)23-4)7-5-6-13-8-10-14(12-19)11-9-13/h5-6,8-11,15H,7H2,1-4H3,(H,20,22)/b6-5+/t15-/m0/s1. The lowest BCUT2D eigenvalue weighted by molar-refractivity contribution is -0.143. The molecular formula is C18H22N2O4. The maximum atomic E-state index is 11.8. The number of nitriles is 1. The number of benzene rings is 1. The number of carbonyl (C=O) groups is 2. The van der Waals surface area contributed by atoms with Crippen LogP contribution in [0.5, 0.6) is 0 Å². The van der Waals surface area contributed by atoms with E-state index in [4.69, 9.17) is 14.7 Å². The number of carbonyl (C=O) groups excluding carboxylic acids is 2. The molecule has 6 heteroatoms. The minimum atomic E-state index is -0.834. The van der Waals surface area contributed by atoms with Crippen LogP contribution in [0.1, 0.15) is 38.3 Å². The zero-order valence-electron chi connectivity index (χ0n) is 14.3. The molecule has 6 nitrogen and oxygen atoms in total. The van der Waals surface area contributed by atoms with E-state index in [1.807, 2.05) is 6.07 Å². The molecule has 0 saturated heterocycles. The number of amides is 1. The Morgan fingerprint density at radius 2 is 1.92 bits per heavy atom. The van der Waals surface area contributed by atoms with Crippen LogP contribution < -0.4 is 5.32 Å². The van der Waals surface area contributed by atoms with Crippen LogP contribution in [0, 0.1) is 11.3 Å². The lowest BCUT2D eigenvalue weighted by Gasteiger charge is -2.22. The van der Waals surface area contributed by atoms with E-state index < -0.39 is 23.7 Å². The Bertz CT molecular complexity index is 636. The van der Waals surface area contributed by atoms with Gasteiger partial charge in [-0.15, -0.1) is 0 Å². The van der Waals surface area contributed by atoms with Crippen molar-refractivity contribution < 1.29 is 19.1 Å². The number of nitrogens with one attached hydrogen (secondary N) is 1. The van der Waals surface area contributed by atoms with Gasteiger partial charge in [-0.05, 0) is 44.9 Å². The maximum Gasteiger partial charge on any atom is 0.408 e. The van der Waals surface area contributed by atoms with Gasteiger partial charge in [0.15, 0.2) is 0 Å². The Labute approximate surface area is 142 Å². The molecule has 0 heterocycles. The SMILES string of the molecule is COC(=O)[C@H](C/C=C/c1ccc(C#N)cc1)NC(=O)OC(C)(C)C. The Balaban J connectivity index is 2.68. The van der Waals surface area contributed by atoms with Gasteiger partial charge in [-0.25, -0.2) is 9.59 Å².